The molecule has 26 heavy (non-hydrogen) atoms. The first kappa shape index (κ1) is 16.8. The molecule has 7 heteroatoms. The third kappa shape index (κ3) is 2.68. The van der Waals surface area contributed by atoms with E-state index in [1.54, 1.807) is 17.0 Å². The highest BCUT2D eigenvalue weighted by Gasteiger charge is 2.40. The molecule has 2 amide bonds. The minimum absolute atomic E-state index is 0.0128. The smallest absolute Gasteiger partial charge is 0.269 e. The van der Waals surface area contributed by atoms with Gasteiger partial charge in [0.15, 0.2) is 0 Å². The third-order valence-electron chi connectivity index (χ3n) is 4.92. The number of carbonyl (C=O) groups excluding carboxylic acids is 2. The molecule has 134 valence electrons. The molecule has 6 nitrogen and oxygen atoms in total. The van der Waals surface area contributed by atoms with Crippen molar-refractivity contribution in [3.05, 3.63) is 65.2 Å². The van der Waals surface area contributed by atoms with Crippen LogP contribution < -0.4 is 0 Å². The summed E-state index contributed by atoms with van der Waals surface area (Å²) in [6.07, 6.45) is 0.773. The van der Waals surface area contributed by atoms with Crippen molar-refractivity contribution in [2.75, 3.05) is 13.1 Å². The third-order valence-corrected chi connectivity index (χ3v) is 6.76. The summed E-state index contributed by atoms with van der Waals surface area (Å²) in [5, 5.41) is 0. The Kier molecular flexibility index (Phi) is 4.03. The maximum Gasteiger partial charge on any atom is 0.269 e. The Morgan fingerprint density at radius 3 is 2.46 bits per heavy atom. The fourth-order valence-electron chi connectivity index (χ4n) is 3.52. The summed E-state index contributed by atoms with van der Waals surface area (Å²) in [6.45, 7) is 1.000. The standard InChI is InChI=1S/C19H18N2O4S/c22-18(20-11-9-14-5-1-2-6-15(14)13-20)10-12-21-19(23)16-7-3-4-8-17(16)26(21,24)25/h1-8H,9-13H2. The summed E-state index contributed by atoms with van der Waals surface area (Å²) in [6, 6.07) is 14.1. The number of carbonyl (C=O) groups is 2. The number of hydrogen-bond donors (Lipinski definition) is 0. The molecule has 0 N–H and O–H groups in total. The summed E-state index contributed by atoms with van der Waals surface area (Å²) in [7, 11) is -3.86. The SMILES string of the molecule is O=C(CCN1C(=O)c2ccccc2S1(=O)=O)N1CCc2ccccc2C1. The van der Waals surface area contributed by atoms with Gasteiger partial charge in [0.1, 0.15) is 4.90 Å². The fraction of sp³-hybridized carbons (Fsp3) is 0.263. The first-order valence-electron chi connectivity index (χ1n) is 8.49. The maximum atomic E-state index is 12.5. The average molecular weight is 370 g/mol. The van der Waals surface area contributed by atoms with E-state index in [0.717, 1.165) is 16.3 Å². The molecule has 0 saturated heterocycles. The number of hydrogen-bond acceptors (Lipinski definition) is 4. The molecular weight excluding hydrogens is 352 g/mol. The van der Waals surface area contributed by atoms with Crippen molar-refractivity contribution < 1.29 is 18.0 Å². The normalized spacial score (nSPS) is 17.8. The topological polar surface area (TPSA) is 74.8 Å². The Hall–Kier alpha value is -2.67. The van der Waals surface area contributed by atoms with Crippen LogP contribution in [0.4, 0.5) is 0 Å². The second-order valence-corrected chi connectivity index (χ2v) is 8.29. The second kappa shape index (κ2) is 6.25. The molecule has 0 aliphatic carbocycles. The van der Waals surface area contributed by atoms with E-state index in [1.807, 2.05) is 18.2 Å². The van der Waals surface area contributed by atoms with Gasteiger partial charge in [0.2, 0.25) is 5.91 Å². The van der Waals surface area contributed by atoms with Crippen molar-refractivity contribution in [3.63, 3.8) is 0 Å². The molecular formula is C19H18N2O4S. The Labute approximate surface area is 152 Å². The fourth-order valence-corrected chi connectivity index (χ4v) is 5.09. The number of benzene rings is 2. The summed E-state index contributed by atoms with van der Waals surface area (Å²) >= 11 is 0. The molecule has 2 aromatic rings. The molecule has 0 unspecified atom stereocenters. The lowest BCUT2D eigenvalue weighted by atomic mass is 10.00. The molecule has 4 rings (SSSR count). The zero-order valence-corrected chi connectivity index (χ0v) is 14.9. The lowest BCUT2D eigenvalue weighted by Gasteiger charge is -2.29. The van der Waals surface area contributed by atoms with E-state index in [4.69, 9.17) is 0 Å². The van der Waals surface area contributed by atoms with Gasteiger partial charge in [-0.25, -0.2) is 12.7 Å². The molecule has 0 saturated carbocycles. The van der Waals surface area contributed by atoms with Gasteiger partial charge in [0.25, 0.3) is 15.9 Å². The molecule has 0 spiro atoms. The zero-order valence-electron chi connectivity index (χ0n) is 14.1. The van der Waals surface area contributed by atoms with E-state index < -0.39 is 15.9 Å². The quantitative estimate of drug-likeness (QED) is 0.826. The minimum atomic E-state index is -3.86. The first-order chi connectivity index (χ1) is 12.5. The van der Waals surface area contributed by atoms with Crippen molar-refractivity contribution in [1.82, 2.24) is 9.21 Å². The molecule has 2 aromatic carbocycles. The number of fused-ring (bicyclic) bond motifs is 2. The van der Waals surface area contributed by atoms with Crippen molar-refractivity contribution in [2.45, 2.75) is 24.3 Å². The van der Waals surface area contributed by atoms with E-state index in [2.05, 4.69) is 6.07 Å². The predicted molar refractivity (Wildman–Crippen MR) is 94.8 cm³/mol. The highest BCUT2D eigenvalue weighted by atomic mass is 32.2. The Morgan fingerprint density at radius 2 is 1.69 bits per heavy atom. The maximum absolute atomic E-state index is 12.5. The highest BCUT2D eigenvalue weighted by Crippen LogP contribution is 2.30. The predicted octanol–water partition coefficient (Wildman–Crippen LogP) is 1.81. The highest BCUT2D eigenvalue weighted by molar-refractivity contribution is 7.90. The largest absolute Gasteiger partial charge is 0.338 e. The first-order valence-corrected chi connectivity index (χ1v) is 9.93. The van der Waals surface area contributed by atoms with Crippen LogP contribution in [0.2, 0.25) is 0 Å². The Bertz CT molecular complexity index is 1000. The lowest BCUT2D eigenvalue weighted by molar-refractivity contribution is -0.132. The molecule has 0 radical (unpaired) electrons. The van der Waals surface area contributed by atoms with Gasteiger partial charge in [-0.3, -0.25) is 9.59 Å². The van der Waals surface area contributed by atoms with Gasteiger partial charge >= 0.3 is 0 Å². The summed E-state index contributed by atoms with van der Waals surface area (Å²) in [4.78, 5) is 26.7. The van der Waals surface area contributed by atoms with Crippen LogP contribution in [-0.4, -0.2) is 42.5 Å². The van der Waals surface area contributed by atoms with Gasteiger partial charge in [-0.1, -0.05) is 36.4 Å². The molecule has 2 aliphatic rings. The number of rotatable bonds is 3. The van der Waals surface area contributed by atoms with Crippen LogP contribution in [-0.2, 0) is 27.8 Å². The van der Waals surface area contributed by atoms with E-state index in [0.29, 0.717) is 13.1 Å². The molecule has 0 atom stereocenters. The monoisotopic (exact) mass is 370 g/mol. The van der Waals surface area contributed by atoms with Crippen LogP contribution in [0.15, 0.2) is 53.4 Å². The van der Waals surface area contributed by atoms with Gasteiger partial charge in [-0.2, -0.15) is 0 Å². The van der Waals surface area contributed by atoms with Gasteiger partial charge in [0, 0.05) is 26.1 Å². The van der Waals surface area contributed by atoms with E-state index >= 15 is 0 Å². The zero-order chi connectivity index (χ0) is 18.3. The van der Waals surface area contributed by atoms with Crippen LogP contribution in [0, 0.1) is 0 Å². The van der Waals surface area contributed by atoms with Crippen molar-refractivity contribution in [3.8, 4) is 0 Å². The Morgan fingerprint density at radius 1 is 1.00 bits per heavy atom. The van der Waals surface area contributed by atoms with Crippen LogP contribution in [0.3, 0.4) is 0 Å². The minimum Gasteiger partial charge on any atom is -0.338 e. The molecule has 0 fully saturated rings. The van der Waals surface area contributed by atoms with Crippen molar-refractivity contribution >= 4 is 21.8 Å². The van der Waals surface area contributed by atoms with Gasteiger partial charge in [-0.15, -0.1) is 0 Å². The summed E-state index contributed by atoms with van der Waals surface area (Å²) < 4.78 is 25.9. The number of nitrogens with zero attached hydrogens (tertiary/aromatic N) is 2. The van der Waals surface area contributed by atoms with Crippen LogP contribution in [0.1, 0.15) is 27.9 Å². The van der Waals surface area contributed by atoms with E-state index in [-0.39, 0.29) is 29.3 Å². The Balaban J connectivity index is 1.45. The average Bonchev–Trinajstić information content (AvgIpc) is 2.86. The van der Waals surface area contributed by atoms with Crippen LogP contribution in [0.25, 0.3) is 0 Å². The number of sulfonamides is 1. The summed E-state index contributed by atoms with van der Waals surface area (Å²) in [5.41, 5.74) is 2.53. The lowest BCUT2D eigenvalue weighted by Crippen LogP contribution is -2.39. The van der Waals surface area contributed by atoms with E-state index in [9.17, 15) is 18.0 Å². The molecule has 0 aromatic heterocycles. The number of amides is 2. The molecule has 2 aliphatic heterocycles. The van der Waals surface area contributed by atoms with Gasteiger partial charge in [0.05, 0.1) is 5.56 Å². The molecule has 0 bridgehead atoms. The van der Waals surface area contributed by atoms with Crippen LogP contribution >= 0.6 is 0 Å². The summed E-state index contributed by atoms with van der Waals surface area (Å²) in [5.74, 6) is -0.698. The molecule has 2 heterocycles. The van der Waals surface area contributed by atoms with Gasteiger partial charge < -0.3 is 4.90 Å². The van der Waals surface area contributed by atoms with Gasteiger partial charge in [-0.05, 0) is 29.7 Å². The van der Waals surface area contributed by atoms with E-state index in [1.165, 1.54) is 17.7 Å². The van der Waals surface area contributed by atoms with Crippen molar-refractivity contribution in [2.24, 2.45) is 0 Å². The second-order valence-electron chi connectivity index (χ2n) is 6.46. The van der Waals surface area contributed by atoms with Crippen LogP contribution in [0.5, 0.6) is 0 Å². The van der Waals surface area contributed by atoms with Crippen molar-refractivity contribution in [1.29, 1.82) is 0 Å².